The molecule has 0 aliphatic heterocycles. The molecule has 0 bridgehead atoms. The van der Waals surface area contributed by atoms with Crippen molar-refractivity contribution in [2.24, 2.45) is 0 Å². The standard InChI is InChI=1S/C15H19N3O2/c1-3-18-14(13(16)11(2)17-18)15(19)20-10-9-12-7-5-4-6-8-12/h4-8H,3,9-10,16H2,1-2H3. The molecule has 0 aliphatic carbocycles. The molecule has 1 heterocycles. The third-order valence-electron chi connectivity index (χ3n) is 3.13. The van der Waals surface area contributed by atoms with Crippen molar-refractivity contribution in [2.75, 3.05) is 12.3 Å². The van der Waals surface area contributed by atoms with Gasteiger partial charge in [0.05, 0.1) is 18.0 Å². The summed E-state index contributed by atoms with van der Waals surface area (Å²) < 4.78 is 6.87. The van der Waals surface area contributed by atoms with Gasteiger partial charge in [-0.1, -0.05) is 30.3 Å². The molecule has 0 aliphatic rings. The van der Waals surface area contributed by atoms with E-state index in [0.29, 0.717) is 36.6 Å². The molecule has 1 aromatic heterocycles. The number of hydrogen-bond donors (Lipinski definition) is 1. The molecule has 5 heteroatoms. The van der Waals surface area contributed by atoms with Crippen LogP contribution in [0.5, 0.6) is 0 Å². The summed E-state index contributed by atoms with van der Waals surface area (Å²) in [6.45, 7) is 4.60. The van der Waals surface area contributed by atoms with E-state index in [-0.39, 0.29) is 0 Å². The van der Waals surface area contributed by atoms with Gasteiger partial charge in [0.1, 0.15) is 0 Å². The highest BCUT2D eigenvalue weighted by Crippen LogP contribution is 2.17. The van der Waals surface area contributed by atoms with E-state index in [0.717, 1.165) is 5.56 Å². The van der Waals surface area contributed by atoms with E-state index in [2.05, 4.69) is 5.10 Å². The van der Waals surface area contributed by atoms with Gasteiger partial charge in [0.2, 0.25) is 0 Å². The number of benzene rings is 1. The molecule has 1 aromatic carbocycles. The van der Waals surface area contributed by atoms with Crippen molar-refractivity contribution in [2.45, 2.75) is 26.8 Å². The minimum atomic E-state index is -0.416. The highest BCUT2D eigenvalue weighted by atomic mass is 16.5. The van der Waals surface area contributed by atoms with Crippen LogP contribution in [0.25, 0.3) is 0 Å². The van der Waals surface area contributed by atoms with E-state index >= 15 is 0 Å². The Labute approximate surface area is 118 Å². The minimum absolute atomic E-state index is 0.330. The first-order valence-corrected chi connectivity index (χ1v) is 6.67. The van der Waals surface area contributed by atoms with Gasteiger partial charge in [-0.15, -0.1) is 0 Å². The normalized spacial score (nSPS) is 10.5. The number of nitrogens with two attached hydrogens (primary N) is 1. The molecule has 20 heavy (non-hydrogen) atoms. The Bertz CT molecular complexity index is 591. The van der Waals surface area contributed by atoms with Crippen LogP contribution in [0.3, 0.4) is 0 Å². The number of hydrogen-bond acceptors (Lipinski definition) is 4. The molecule has 0 unspecified atom stereocenters. The van der Waals surface area contributed by atoms with Crippen molar-refractivity contribution in [3.8, 4) is 0 Å². The fourth-order valence-corrected chi connectivity index (χ4v) is 2.01. The number of aromatic nitrogens is 2. The molecule has 0 saturated heterocycles. The number of esters is 1. The van der Waals surface area contributed by atoms with Crippen molar-refractivity contribution in [3.05, 3.63) is 47.3 Å². The molecule has 106 valence electrons. The van der Waals surface area contributed by atoms with Gasteiger partial charge in [-0.2, -0.15) is 5.10 Å². The highest BCUT2D eigenvalue weighted by Gasteiger charge is 2.20. The van der Waals surface area contributed by atoms with Crippen LogP contribution in [0.15, 0.2) is 30.3 Å². The molecular formula is C15H19N3O2. The molecule has 0 atom stereocenters. The van der Waals surface area contributed by atoms with Crippen LogP contribution >= 0.6 is 0 Å². The maximum Gasteiger partial charge on any atom is 0.358 e. The Morgan fingerprint density at radius 2 is 2.05 bits per heavy atom. The van der Waals surface area contributed by atoms with Crippen molar-refractivity contribution >= 4 is 11.7 Å². The summed E-state index contributed by atoms with van der Waals surface area (Å²) in [5, 5.41) is 4.21. The SMILES string of the molecule is CCn1nc(C)c(N)c1C(=O)OCCc1ccccc1. The van der Waals surface area contributed by atoms with Gasteiger partial charge >= 0.3 is 5.97 Å². The quantitative estimate of drug-likeness (QED) is 0.848. The van der Waals surface area contributed by atoms with E-state index in [1.54, 1.807) is 11.6 Å². The Kier molecular flexibility index (Phi) is 4.40. The number of carbonyl (C=O) groups excluding carboxylic acids is 1. The summed E-state index contributed by atoms with van der Waals surface area (Å²) >= 11 is 0. The summed E-state index contributed by atoms with van der Waals surface area (Å²) in [4.78, 5) is 12.1. The van der Waals surface area contributed by atoms with Crippen LogP contribution in [0, 0.1) is 6.92 Å². The third kappa shape index (κ3) is 2.99. The van der Waals surface area contributed by atoms with Crippen molar-refractivity contribution in [1.29, 1.82) is 0 Å². The minimum Gasteiger partial charge on any atom is -0.461 e. The molecule has 2 rings (SSSR count). The summed E-state index contributed by atoms with van der Waals surface area (Å²) in [5.41, 5.74) is 8.41. The smallest absolute Gasteiger partial charge is 0.358 e. The lowest BCUT2D eigenvalue weighted by Gasteiger charge is -2.07. The number of ether oxygens (including phenoxy) is 1. The molecule has 5 nitrogen and oxygen atoms in total. The van der Waals surface area contributed by atoms with Crippen LogP contribution in [0.4, 0.5) is 5.69 Å². The molecule has 0 radical (unpaired) electrons. The molecule has 0 saturated carbocycles. The average Bonchev–Trinajstić information content (AvgIpc) is 2.75. The highest BCUT2D eigenvalue weighted by molar-refractivity contribution is 5.93. The lowest BCUT2D eigenvalue weighted by Crippen LogP contribution is -2.15. The summed E-state index contributed by atoms with van der Waals surface area (Å²) in [6, 6.07) is 9.89. The Morgan fingerprint density at radius 1 is 1.35 bits per heavy atom. The van der Waals surface area contributed by atoms with E-state index in [1.807, 2.05) is 37.3 Å². The molecule has 2 N–H and O–H groups in total. The monoisotopic (exact) mass is 273 g/mol. The number of carbonyl (C=O) groups is 1. The maximum absolute atomic E-state index is 12.1. The molecular weight excluding hydrogens is 254 g/mol. The fraction of sp³-hybridized carbons (Fsp3) is 0.333. The van der Waals surface area contributed by atoms with E-state index in [1.165, 1.54) is 0 Å². The predicted molar refractivity (Wildman–Crippen MR) is 77.5 cm³/mol. The molecule has 0 fully saturated rings. The molecule has 0 spiro atoms. The zero-order chi connectivity index (χ0) is 14.5. The van der Waals surface area contributed by atoms with Gasteiger partial charge < -0.3 is 10.5 Å². The van der Waals surface area contributed by atoms with Gasteiger partial charge in [-0.05, 0) is 19.4 Å². The molecule has 2 aromatic rings. The van der Waals surface area contributed by atoms with Crippen molar-refractivity contribution < 1.29 is 9.53 Å². The van der Waals surface area contributed by atoms with E-state index in [4.69, 9.17) is 10.5 Å². The number of aryl methyl sites for hydroxylation is 2. The number of nitrogens with zero attached hydrogens (tertiary/aromatic N) is 2. The van der Waals surface area contributed by atoms with E-state index < -0.39 is 5.97 Å². The van der Waals surface area contributed by atoms with Gasteiger partial charge in [0.15, 0.2) is 5.69 Å². The second kappa shape index (κ2) is 6.23. The number of nitrogen functional groups attached to an aromatic ring is 1. The van der Waals surface area contributed by atoms with Gasteiger partial charge in [-0.25, -0.2) is 4.79 Å². The first-order valence-electron chi connectivity index (χ1n) is 6.67. The topological polar surface area (TPSA) is 70.1 Å². The van der Waals surface area contributed by atoms with Crippen LogP contribution in [0.2, 0.25) is 0 Å². The Hall–Kier alpha value is -2.30. The maximum atomic E-state index is 12.1. The van der Waals surface area contributed by atoms with Gasteiger partial charge in [0.25, 0.3) is 0 Å². The summed E-state index contributed by atoms with van der Waals surface area (Å²) in [7, 11) is 0. The first-order chi connectivity index (χ1) is 9.63. The molecule has 0 amide bonds. The third-order valence-corrected chi connectivity index (χ3v) is 3.13. The zero-order valence-electron chi connectivity index (χ0n) is 11.8. The van der Waals surface area contributed by atoms with E-state index in [9.17, 15) is 4.79 Å². The summed E-state index contributed by atoms with van der Waals surface area (Å²) in [5.74, 6) is -0.416. The van der Waals surface area contributed by atoms with Crippen molar-refractivity contribution in [1.82, 2.24) is 9.78 Å². The van der Waals surface area contributed by atoms with Crippen LogP contribution in [-0.4, -0.2) is 22.4 Å². The number of anilines is 1. The van der Waals surface area contributed by atoms with Gasteiger partial charge in [0, 0.05) is 13.0 Å². The number of rotatable bonds is 5. The first kappa shape index (κ1) is 14.1. The second-order valence-electron chi connectivity index (χ2n) is 4.53. The fourth-order valence-electron chi connectivity index (χ4n) is 2.01. The van der Waals surface area contributed by atoms with Crippen LogP contribution < -0.4 is 5.73 Å². The van der Waals surface area contributed by atoms with Crippen LogP contribution in [-0.2, 0) is 17.7 Å². The lowest BCUT2D eigenvalue weighted by molar-refractivity contribution is 0.0496. The zero-order valence-corrected chi connectivity index (χ0v) is 11.8. The predicted octanol–water partition coefficient (Wildman–Crippen LogP) is 2.19. The second-order valence-corrected chi connectivity index (χ2v) is 4.53. The Morgan fingerprint density at radius 3 is 2.70 bits per heavy atom. The lowest BCUT2D eigenvalue weighted by atomic mass is 10.2. The Balaban J connectivity index is 1.99. The summed E-state index contributed by atoms with van der Waals surface area (Å²) in [6.07, 6.45) is 0.686. The largest absolute Gasteiger partial charge is 0.461 e. The van der Waals surface area contributed by atoms with Crippen molar-refractivity contribution in [3.63, 3.8) is 0 Å². The average molecular weight is 273 g/mol. The van der Waals surface area contributed by atoms with Gasteiger partial charge in [-0.3, -0.25) is 4.68 Å². The van der Waals surface area contributed by atoms with Crippen LogP contribution in [0.1, 0.15) is 28.7 Å².